The standard InChI is InChI=1S/C11H8BrN3O4S/c12-8-2-1-7(20-8)10-14-15-11(19-10)13-9(16)6-5-17-3-4-18-6/h1-2,5H,3-4H2,(H,13,15,16). The number of thiophene rings is 1. The number of nitrogens with one attached hydrogen (secondary N) is 1. The number of aromatic nitrogens is 2. The third-order valence-corrected chi connectivity index (χ3v) is 3.91. The van der Waals surface area contributed by atoms with Gasteiger partial charge in [-0.2, -0.15) is 0 Å². The molecule has 3 heterocycles. The lowest BCUT2D eigenvalue weighted by Gasteiger charge is -2.13. The average Bonchev–Trinajstić information content (AvgIpc) is 3.09. The van der Waals surface area contributed by atoms with Crippen molar-refractivity contribution in [1.82, 2.24) is 10.2 Å². The van der Waals surface area contributed by atoms with E-state index in [1.165, 1.54) is 17.6 Å². The van der Waals surface area contributed by atoms with Crippen molar-refractivity contribution in [3.63, 3.8) is 0 Å². The van der Waals surface area contributed by atoms with Crippen LogP contribution in [0, 0.1) is 0 Å². The zero-order valence-corrected chi connectivity index (χ0v) is 12.4. The molecule has 0 radical (unpaired) electrons. The average molecular weight is 358 g/mol. The normalized spacial score (nSPS) is 14.2. The highest BCUT2D eigenvalue weighted by Crippen LogP contribution is 2.30. The molecule has 9 heteroatoms. The second-order valence-corrected chi connectivity index (χ2v) is 6.13. The molecule has 7 nitrogen and oxygen atoms in total. The van der Waals surface area contributed by atoms with Crippen LogP contribution in [0.5, 0.6) is 0 Å². The van der Waals surface area contributed by atoms with Crippen molar-refractivity contribution in [3.8, 4) is 10.8 Å². The van der Waals surface area contributed by atoms with Crippen molar-refractivity contribution in [2.45, 2.75) is 0 Å². The van der Waals surface area contributed by atoms with E-state index in [9.17, 15) is 4.79 Å². The second-order valence-electron chi connectivity index (χ2n) is 3.67. The molecule has 0 fully saturated rings. The number of halogens is 1. The van der Waals surface area contributed by atoms with Gasteiger partial charge in [-0.3, -0.25) is 10.1 Å². The fourth-order valence-electron chi connectivity index (χ4n) is 1.45. The number of carbonyl (C=O) groups is 1. The van der Waals surface area contributed by atoms with Gasteiger partial charge in [-0.15, -0.1) is 16.4 Å². The summed E-state index contributed by atoms with van der Waals surface area (Å²) in [5, 5.41) is 10.1. The van der Waals surface area contributed by atoms with Crippen LogP contribution in [0.4, 0.5) is 6.01 Å². The third kappa shape index (κ3) is 2.83. The first-order valence-electron chi connectivity index (χ1n) is 5.57. The minimum atomic E-state index is -0.493. The Morgan fingerprint density at radius 2 is 2.25 bits per heavy atom. The first kappa shape index (κ1) is 13.1. The lowest BCUT2D eigenvalue weighted by Crippen LogP contribution is -2.21. The number of amides is 1. The van der Waals surface area contributed by atoms with Gasteiger partial charge in [0.25, 0.3) is 11.8 Å². The molecular formula is C11H8BrN3O4S. The van der Waals surface area contributed by atoms with Gasteiger partial charge in [0.15, 0.2) is 0 Å². The lowest BCUT2D eigenvalue weighted by molar-refractivity contribution is -0.117. The van der Waals surface area contributed by atoms with Gasteiger partial charge in [0.1, 0.15) is 19.5 Å². The zero-order chi connectivity index (χ0) is 13.9. The zero-order valence-electron chi connectivity index (χ0n) is 9.96. The summed E-state index contributed by atoms with van der Waals surface area (Å²) in [4.78, 5) is 12.6. The van der Waals surface area contributed by atoms with Crippen LogP contribution in [0.1, 0.15) is 0 Å². The van der Waals surface area contributed by atoms with Crippen molar-refractivity contribution in [3.05, 3.63) is 27.9 Å². The molecule has 2 aromatic rings. The maximum atomic E-state index is 11.8. The van der Waals surface area contributed by atoms with E-state index in [-0.39, 0.29) is 11.8 Å². The molecule has 0 saturated heterocycles. The lowest BCUT2D eigenvalue weighted by atomic mass is 10.5. The summed E-state index contributed by atoms with van der Waals surface area (Å²) in [5.41, 5.74) is 0. The Kier molecular flexibility index (Phi) is 3.70. The van der Waals surface area contributed by atoms with Crippen LogP contribution in [0.2, 0.25) is 0 Å². The Balaban J connectivity index is 1.71. The predicted molar refractivity (Wildman–Crippen MR) is 73.9 cm³/mol. The van der Waals surface area contributed by atoms with Crippen LogP contribution < -0.4 is 5.32 Å². The van der Waals surface area contributed by atoms with Gasteiger partial charge in [-0.05, 0) is 28.1 Å². The molecule has 0 unspecified atom stereocenters. The van der Waals surface area contributed by atoms with E-state index in [0.29, 0.717) is 19.1 Å². The largest absolute Gasteiger partial charge is 0.494 e. The first-order valence-corrected chi connectivity index (χ1v) is 7.18. The van der Waals surface area contributed by atoms with Gasteiger partial charge in [-0.1, -0.05) is 5.10 Å². The van der Waals surface area contributed by atoms with E-state index in [1.807, 2.05) is 12.1 Å². The molecule has 1 aliphatic rings. The van der Waals surface area contributed by atoms with Gasteiger partial charge >= 0.3 is 6.01 Å². The van der Waals surface area contributed by atoms with Crippen molar-refractivity contribution in [1.29, 1.82) is 0 Å². The van der Waals surface area contributed by atoms with Crippen molar-refractivity contribution in [2.24, 2.45) is 0 Å². The Labute approximate surface area is 125 Å². The first-order chi connectivity index (χ1) is 9.72. The van der Waals surface area contributed by atoms with Crippen molar-refractivity contribution in [2.75, 3.05) is 18.5 Å². The van der Waals surface area contributed by atoms with Gasteiger partial charge < -0.3 is 13.9 Å². The molecule has 1 aliphatic heterocycles. The summed E-state index contributed by atoms with van der Waals surface area (Å²) in [6.45, 7) is 0.756. The van der Waals surface area contributed by atoms with E-state index < -0.39 is 5.91 Å². The molecule has 1 N–H and O–H groups in total. The van der Waals surface area contributed by atoms with Crippen LogP contribution in [0.3, 0.4) is 0 Å². The summed E-state index contributed by atoms with van der Waals surface area (Å²) < 4.78 is 16.4. The number of ether oxygens (including phenoxy) is 2. The van der Waals surface area contributed by atoms with Crippen LogP contribution in [0.25, 0.3) is 10.8 Å². The molecule has 0 spiro atoms. The number of hydrogen-bond acceptors (Lipinski definition) is 7. The van der Waals surface area contributed by atoms with Gasteiger partial charge in [0, 0.05) is 0 Å². The summed E-state index contributed by atoms with van der Waals surface area (Å²) in [7, 11) is 0. The molecule has 0 bridgehead atoms. The number of rotatable bonds is 3. The van der Waals surface area contributed by atoms with E-state index in [4.69, 9.17) is 13.9 Å². The highest BCUT2D eigenvalue weighted by Gasteiger charge is 2.18. The Morgan fingerprint density at radius 3 is 2.95 bits per heavy atom. The number of carbonyl (C=O) groups excluding carboxylic acids is 1. The highest BCUT2D eigenvalue weighted by molar-refractivity contribution is 9.11. The van der Waals surface area contributed by atoms with E-state index in [0.717, 1.165) is 8.66 Å². The molecule has 1 amide bonds. The number of nitrogens with zero attached hydrogens (tertiary/aromatic N) is 2. The van der Waals surface area contributed by atoms with Crippen LogP contribution in [-0.2, 0) is 14.3 Å². The number of anilines is 1. The molecule has 20 heavy (non-hydrogen) atoms. The highest BCUT2D eigenvalue weighted by atomic mass is 79.9. The van der Waals surface area contributed by atoms with Crippen molar-refractivity contribution < 1.29 is 18.7 Å². The maximum Gasteiger partial charge on any atom is 0.322 e. The molecule has 3 rings (SSSR count). The van der Waals surface area contributed by atoms with E-state index >= 15 is 0 Å². The molecule has 0 atom stereocenters. The summed E-state index contributed by atoms with van der Waals surface area (Å²) in [5.74, 6) is -0.0760. The fourth-order valence-corrected chi connectivity index (χ4v) is 2.76. The molecular weight excluding hydrogens is 350 g/mol. The van der Waals surface area contributed by atoms with Crippen LogP contribution >= 0.6 is 27.3 Å². The van der Waals surface area contributed by atoms with Gasteiger partial charge in [0.05, 0.1) is 8.66 Å². The SMILES string of the molecule is O=C(Nc1nnc(-c2ccc(Br)s2)o1)C1=COCCO1. The van der Waals surface area contributed by atoms with Crippen molar-refractivity contribution >= 4 is 39.2 Å². The van der Waals surface area contributed by atoms with Gasteiger partial charge in [-0.25, -0.2) is 0 Å². The summed E-state index contributed by atoms with van der Waals surface area (Å²) >= 11 is 4.80. The summed E-state index contributed by atoms with van der Waals surface area (Å²) in [6.07, 6.45) is 1.26. The number of hydrogen-bond donors (Lipinski definition) is 1. The van der Waals surface area contributed by atoms with E-state index in [1.54, 1.807) is 0 Å². The fraction of sp³-hybridized carbons (Fsp3) is 0.182. The topological polar surface area (TPSA) is 86.5 Å². The monoisotopic (exact) mass is 357 g/mol. The summed E-state index contributed by atoms with van der Waals surface area (Å²) in [6, 6.07) is 3.72. The molecule has 0 saturated carbocycles. The molecule has 2 aromatic heterocycles. The Hall–Kier alpha value is -1.87. The third-order valence-electron chi connectivity index (χ3n) is 2.30. The predicted octanol–water partition coefficient (Wildman–Crippen LogP) is 2.39. The molecule has 0 aromatic carbocycles. The van der Waals surface area contributed by atoms with Gasteiger partial charge in [0.2, 0.25) is 5.76 Å². The maximum absolute atomic E-state index is 11.8. The van der Waals surface area contributed by atoms with E-state index in [2.05, 4.69) is 31.4 Å². The Bertz CT molecular complexity index is 666. The van der Waals surface area contributed by atoms with Crippen LogP contribution in [-0.4, -0.2) is 29.3 Å². The Morgan fingerprint density at radius 1 is 1.35 bits per heavy atom. The molecule has 0 aliphatic carbocycles. The van der Waals surface area contributed by atoms with Crippen LogP contribution in [0.15, 0.2) is 32.4 Å². The minimum absolute atomic E-state index is 0.00426. The molecule has 104 valence electrons. The second kappa shape index (κ2) is 5.63. The smallest absolute Gasteiger partial charge is 0.322 e. The minimum Gasteiger partial charge on any atom is -0.494 e. The quantitative estimate of drug-likeness (QED) is 0.907.